The molecule has 1 aliphatic rings. The minimum absolute atomic E-state index is 0.776. The van der Waals surface area contributed by atoms with E-state index in [1.807, 2.05) is 0 Å². The van der Waals surface area contributed by atoms with Gasteiger partial charge >= 0.3 is 0 Å². The Hall–Kier alpha value is -0.160. The maximum absolute atomic E-state index is 5.55. The zero-order valence-electron chi connectivity index (χ0n) is 9.24. The lowest BCUT2D eigenvalue weighted by Crippen LogP contribution is -2.34. The topological polar surface area (TPSA) is 41.7 Å². The van der Waals surface area contributed by atoms with Crippen molar-refractivity contribution in [1.82, 2.24) is 9.80 Å². The average molecular weight is 201 g/mol. The van der Waals surface area contributed by atoms with Crippen molar-refractivity contribution in [2.75, 3.05) is 59.5 Å². The summed E-state index contributed by atoms with van der Waals surface area (Å²) in [4.78, 5) is 4.92. The first-order chi connectivity index (χ1) is 6.86. The fraction of sp³-hybridized carbons (Fsp3) is 1.00. The normalized spacial score (nSPS) is 21.0. The lowest BCUT2D eigenvalue weighted by Gasteiger charge is -2.20. The lowest BCUT2D eigenvalue weighted by atomic mass is 10.4. The molecule has 0 aromatic rings. The van der Waals surface area contributed by atoms with E-state index in [-0.39, 0.29) is 0 Å². The highest BCUT2D eigenvalue weighted by Crippen LogP contribution is 2.01. The summed E-state index contributed by atoms with van der Waals surface area (Å²) in [5.41, 5.74) is 5.55. The van der Waals surface area contributed by atoms with Crippen LogP contribution < -0.4 is 5.73 Å². The van der Waals surface area contributed by atoms with E-state index in [2.05, 4.69) is 9.80 Å². The van der Waals surface area contributed by atoms with Crippen molar-refractivity contribution < 1.29 is 4.74 Å². The van der Waals surface area contributed by atoms with Gasteiger partial charge in [0, 0.05) is 39.8 Å². The third-order valence-electron chi connectivity index (χ3n) is 2.74. The van der Waals surface area contributed by atoms with Crippen LogP contribution in [0.3, 0.4) is 0 Å². The van der Waals surface area contributed by atoms with Crippen molar-refractivity contribution in [3.8, 4) is 0 Å². The third kappa shape index (κ3) is 4.37. The summed E-state index contributed by atoms with van der Waals surface area (Å²) < 4.78 is 5.08. The van der Waals surface area contributed by atoms with E-state index in [4.69, 9.17) is 10.5 Å². The molecule has 1 aliphatic heterocycles. The molecular formula is C10H23N3O. The zero-order valence-corrected chi connectivity index (χ0v) is 9.24. The van der Waals surface area contributed by atoms with Crippen molar-refractivity contribution in [3.63, 3.8) is 0 Å². The van der Waals surface area contributed by atoms with E-state index in [1.165, 1.54) is 19.5 Å². The fourth-order valence-electron chi connectivity index (χ4n) is 1.87. The molecule has 4 nitrogen and oxygen atoms in total. The second-order valence-corrected chi connectivity index (χ2v) is 3.82. The zero-order chi connectivity index (χ0) is 10.2. The van der Waals surface area contributed by atoms with Gasteiger partial charge in [0.25, 0.3) is 0 Å². The van der Waals surface area contributed by atoms with Gasteiger partial charge in [0.15, 0.2) is 0 Å². The van der Waals surface area contributed by atoms with Crippen LogP contribution in [0.2, 0.25) is 0 Å². The van der Waals surface area contributed by atoms with Crippen LogP contribution in [0.5, 0.6) is 0 Å². The van der Waals surface area contributed by atoms with Crippen LogP contribution in [-0.4, -0.2) is 69.3 Å². The molecule has 14 heavy (non-hydrogen) atoms. The first-order valence-electron chi connectivity index (χ1n) is 5.50. The first-order valence-corrected chi connectivity index (χ1v) is 5.50. The predicted molar refractivity (Wildman–Crippen MR) is 58.4 cm³/mol. The van der Waals surface area contributed by atoms with Crippen LogP contribution in [-0.2, 0) is 4.74 Å². The highest BCUT2D eigenvalue weighted by atomic mass is 16.5. The summed E-state index contributed by atoms with van der Waals surface area (Å²) in [6, 6.07) is 0. The van der Waals surface area contributed by atoms with Gasteiger partial charge in [-0.2, -0.15) is 0 Å². The highest BCUT2D eigenvalue weighted by molar-refractivity contribution is 4.69. The number of hydrogen-bond donors (Lipinski definition) is 1. The van der Waals surface area contributed by atoms with E-state index < -0.39 is 0 Å². The molecule has 1 fully saturated rings. The Morgan fingerprint density at radius 1 is 1.07 bits per heavy atom. The van der Waals surface area contributed by atoms with Crippen LogP contribution in [0.1, 0.15) is 6.42 Å². The predicted octanol–water partition coefficient (Wildman–Crippen LogP) is -0.401. The minimum Gasteiger partial charge on any atom is -0.383 e. The molecule has 4 heteroatoms. The molecule has 0 aliphatic carbocycles. The summed E-state index contributed by atoms with van der Waals surface area (Å²) in [6.07, 6.45) is 1.25. The van der Waals surface area contributed by atoms with Gasteiger partial charge in [-0.3, -0.25) is 4.90 Å². The van der Waals surface area contributed by atoms with Gasteiger partial charge in [-0.15, -0.1) is 0 Å². The molecule has 0 saturated carbocycles. The van der Waals surface area contributed by atoms with Crippen LogP contribution in [0.25, 0.3) is 0 Å². The van der Waals surface area contributed by atoms with Gasteiger partial charge in [-0.25, -0.2) is 0 Å². The molecule has 0 bridgehead atoms. The third-order valence-corrected chi connectivity index (χ3v) is 2.74. The van der Waals surface area contributed by atoms with Crippen molar-refractivity contribution in [2.24, 2.45) is 5.73 Å². The van der Waals surface area contributed by atoms with E-state index in [9.17, 15) is 0 Å². The van der Waals surface area contributed by atoms with E-state index >= 15 is 0 Å². The van der Waals surface area contributed by atoms with Crippen molar-refractivity contribution >= 4 is 0 Å². The van der Waals surface area contributed by atoms with Crippen LogP contribution in [0.4, 0.5) is 0 Å². The molecule has 0 spiro atoms. The fourth-order valence-corrected chi connectivity index (χ4v) is 1.87. The SMILES string of the molecule is COCCN1CCCN(CCN)CC1. The van der Waals surface area contributed by atoms with Gasteiger partial charge < -0.3 is 15.4 Å². The Bertz CT molecular complexity index is 143. The van der Waals surface area contributed by atoms with E-state index in [0.717, 1.165) is 39.3 Å². The van der Waals surface area contributed by atoms with Gasteiger partial charge in [0.1, 0.15) is 0 Å². The molecule has 2 N–H and O–H groups in total. The monoisotopic (exact) mass is 201 g/mol. The summed E-state index contributed by atoms with van der Waals surface area (Å²) in [7, 11) is 1.76. The number of methoxy groups -OCH3 is 1. The summed E-state index contributed by atoms with van der Waals surface area (Å²) in [6.45, 7) is 8.43. The summed E-state index contributed by atoms with van der Waals surface area (Å²) >= 11 is 0. The van der Waals surface area contributed by atoms with Gasteiger partial charge in [0.2, 0.25) is 0 Å². The Morgan fingerprint density at radius 2 is 1.71 bits per heavy atom. The van der Waals surface area contributed by atoms with Crippen molar-refractivity contribution in [2.45, 2.75) is 6.42 Å². The van der Waals surface area contributed by atoms with Crippen molar-refractivity contribution in [3.05, 3.63) is 0 Å². The first kappa shape index (κ1) is 11.9. The van der Waals surface area contributed by atoms with E-state index in [0.29, 0.717) is 0 Å². The molecule has 1 heterocycles. The second-order valence-electron chi connectivity index (χ2n) is 3.82. The molecule has 0 amide bonds. The van der Waals surface area contributed by atoms with Gasteiger partial charge in [-0.05, 0) is 19.5 Å². The molecular weight excluding hydrogens is 178 g/mol. The van der Waals surface area contributed by atoms with Gasteiger partial charge in [-0.1, -0.05) is 0 Å². The Balaban J connectivity index is 2.19. The highest BCUT2D eigenvalue weighted by Gasteiger charge is 2.13. The molecule has 0 aromatic heterocycles. The van der Waals surface area contributed by atoms with E-state index in [1.54, 1.807) is 7.11 Å². The molecule has 84 valence electrons. The summed E-state index contributed by atoms with van der Waals surface area (Å²) in [5.74, 6) is 0. The molecule has 1 saturated heterocycles. The quantitative estimate of drug-likeness (QED) is 0.657. The molecule has 0 atom stereocenters. The minimum atomic E-state index is 0.776. The number of ether oxygens (including phenoxy) is 1. The number of hydrogen-bond acceptors (Lipinski definition) is 4. The number of rotatable bonds is 5. The van der Waals surface area contributed by atoms with Crippen LogP contribution in [0, 0.1) is 0 Å². The Labute approximate surface area is 87.0 Å². The molecule has 0 radical (unpaired) electrons. The number of nitrogens with zero attached hydrogens (tertiary/aromatic N) is 2. The Kier molecular flexibility index (Phi) is 6.10. The summed E-state index contributed by atoms with van der Waals surface area (Å²) in [5, 5.41) is 0. The second kappa shape index (κ2) is 7.17. The Morgan fingerprint density at radius 3 is 2.29 bits per heavy atom. The van der Waals surface area contributed by atoms with Gasteiger partial charge in [0.05, 0.1) is 6.61 Å². The maximum Gasteiger partial charge on any atom is 0.0589 e. The largest absolute Gasteiger partial charge is 0.383 e. The van der Waals surface area contributed by atoms with Crippen molar-refractivity contribution in [1.29, 1.82) is 0 Å². The molecule has 0 unspecified atom stereocenters. The smallest absolute Gasteiger partial charge is 0.0589 e. The van der Waals surface area contributed by atoms with Crippen LogP contribution in [0.15, 0.2) is 0 Å². The van der Waals surface area contributed by atoms with Crippen LogP contribution >= 0.6 is 0 Å². The molecule has 0 aromatic carbocycles. The standard InChI is InChI=1S/C10H23N3O/c1-14-10-9-13-5-2-4-12(6-3-11)7-8-13/h2-11H2,1H3. The maximum atomic E-state index is 5.55. The average Bonchev–Trinajstić information content (AvgIpc) is 2.41. The number of nitrogens with two attached hydrogens (primary N) is 1. The molecule has 1 rings (SSSR count). The lowest BCUT2D eigenvalue weighted by molar-refractivity contribution is 0.149.